The summed E-state index contributed by atoms with van der Waals surface area (Å²) in [6.07, 6.45) is 0. The van der Waals surface area contributed by atoms with Crippen molar-refractivity contribution in [1.82, 2.24) is 0 Å². The van der Waals surface area contributed by atoms with Gasteiger partial charge in [-0.3, -0.25) is 9.11 Å². The Morgan fingerprint density at radius 2 is 1.50 bits per heavy atom. The van der Waals surface area contributed by atoms with E-state index in [0.717, 1.165) is 11.8 Å². The van der Waals surface area contributed by atoms with E-state index in [0.29, 0.717) is 17.5 Å². The van der Waals surface area contributed by atoms with Gasteiger partial charge < -0.3 is 10.1 Å². The summed E-state index contributed by atoms with van der Waals surface area (Å²) in [4.78, 5) is -1.33. The molecule has 3 aromatic rings. The first kappa shape index (κ1) is 21.6. The highest BCUT2D eigenvalue weighted by Crippen LogP contribution is 2.32. The minimum atomic E-state index is -4.78. The number of fused-ring (bicyclic) bond motifs is 1. The molecule has 0 atom stereocenters. The zero-order valence-corrected chi connectivity index (χ0v) is 17.4. The molecule has 0 aliphatic carbocycles. The second kappa shape index (κ2) is 7.99. The van der Waals surface area contributed by atoms with Gasteiger partial charge in [-0.15, -0.1) is 0 Å². The van der Waals surface area contributed by atoms with E-state index in [9.17, 15) is 25.9 Å². The van der Waals surface area contributed by atoms with E-state index < -0.39 is 30.0 Å². The van der Waals surface area contributed by atoms with Crippen molar-refractivity contribution in [3.8, 4) is 5.75 Å². The molecule has 0 radical (unpaired) electrons. The molecule has 0 spiro atoms. The molecule has 0 saturated heterocycles. The molecule has 3 N–H and O–H groups in total. The van der Waals surface area contributed by atoms with Crippen molar-refractivity contribution in [2.24, 2.45) is 10.2 Å². The molecule has 0 aromatic heterocycles. The number of hydrogen-bond acceptors (Lipinski definition) is 8. The van der Waals surface area contributed by atoms with Gasteiger partial charge in [-0.1, -0.05) is 6.07 Å². The van der Waals surface area contributed by atoms with Crippen molar-refractivity contribution in [1.29, 1.82) is 0 Å². The minimum Gasteiger partial charge on any atom is -0.495 e. The van der Waals surface area contributed by atoms with Gasteiger partial charge in [-0.05, 0) is 41.8 Å². The number of anilines is 1. The van der Waals surface area contributed by atoms with Gasteiger partial charge in [0.25, 0.3) is 20.2 Å². The van der Waals surface area contributed by atoms with Crippen molar-refractivity contribution < 1.29 is 30.7 Å². The Labute approximate surface area is 172 Å². The second-order valence-corrected chi connectivity index (χ2v) is 8.92. The fourth-order valence-electron chi connectivity index (χ4n) is 2.77. The summed E-state index contributed by atoms with van der Waals surface area (Å²) in [6.45, 7) is 0. The third-order valence-electron chi connectivity index (χ3n) is 4.18. The van der Waals surface area contributed by atoms with Gasteiger partial charge in [0.15, 0.2) is 0 Å². The topological polar surface area (TPSA) is 155 Å². The molecular weight excluding hydrogens is 434 g/mol. The molecule has 10 nitrogen and oxygen atoms in total. The van der Waals surface area contributed by atoms with Crippen LogP contribution in [0.25, 0.3) is 10.8 Å². The van der Waals surface area contributed by atoms with Crippen LogP contribution in [0.1, 0.15) is 0 Å². The lowest BCUT2D eigenvalue weighted by Crippen LogP contribution is -2.04. The lowest BCUT2D eigenvalue weighted by Gasteiger charge is -2.08. The Bertz CT molecular complexity index is 1370. The summed E-state index contributed by atoms with van der Waals surface area (Å²) in [6, 6.07) is 11.1. The molecule has 0 bridgehead atoms. The van der Waals surface area contributed by atoms with Crippen molar-refractivity contribution in [3.05, 3.63) is 48.5 Å². The van der Waals surface area contributed by atoms with Crippen LogP contribution in [0.5, 0.6) is 5.75 Å². The number of azo groups is 1. The van der Waals surface area contributed by atoms with Crippen molar-refractivity contribution in [3.63, 3.8) is 0 Å². The molecule has 0 heterocycles. The number of benzene rings is 3. The van der Waals surface area contributed by atoms with Crippen LogP contribution in [0.2, 0.25) is 0 Å². The van der Waals surface area contributed by atoms with Crippen LogP contribution in [0.4, 0.5) is 17.1 Å². The molecular formula is C18H17N3O7S2. The minimum absolute atomic E-state index is 0.0180. The van der Waals surface area contributed by atoms with E-state index in [-0.39, 0.29) is 16.5 Å². The largest absolute Gasteiger partial charge is 0.495 e. The predicted octanol–water partition coefficient (Wildman–Crippen LogP) is 3.80. The summed E-state index contributed by atoms with van der Waals surface area (Å²) < 4.78 is 70.3. The van der Waals surface area contributed by atoms with Gasteiger partial charge in [-0.25, -0.2) is 0 Å². The molecule has 158 valence electrons. The maximum absolute atomic E-state index is 11.8. The second-order valence-electron chi connectivity index (χ2n) is 6.11. The molecule has 0 unspecified atom stereocenters. The van der Waals surface area contributed by atoms with E-state index in [1.165, 1.54) is 25.3 Å². The molecule has 0 saturated carbocycles. The van der Waals surface area contributed by atoms with E-state index in [1.807, 2.05) is 0 Å². The summed E-state index contributed by atoms with van der Waals surface area (Å²) in [7, 11) is -6.21. The summed E-state index contributed by atoms with van der Waals surface area (Å²) in [5.74, 6) is 0.555. The third-order valence-corrected chi connectivity index (χ3v) is 5.91. The predicted molar refractivity (Wildman–Crippen MR) is 110 cm³/mol. The molecule has 30 heavy (non-hydrogen) atoms. The number of ether oxygens (including phenoxy) is 1. The first-order valence-corrected chi connectivity index (χ1v) is 11.2. The Hall–Kier alpha value is -3.06. The number of hydrogen-bond donors (Lipinski definition) is 3. The smallest absolute Gasteiger partial charge is 0.295 e. The van der Waals surface area contributed by atoms with Gasteiger partial charge >= 0.3 is 0 Å². The molecule has 3 aromatic carbocycles. The Morgan fingerprint density at radius 3 is 2.07 bits per heavy atom. The number of rotatable bonds is 6. The van der Waals surface area contributed by atoms with Crippen molar-refractivity contribution >= 4 is 48.1 Å². The van der Waals surface area contributed by atoms with Gasteiger partial charge in [0, 0.05) is 18.5 Å². The number of methoxy groups -OCH3 is 1. The van der Waals surface area contributed by atoms with E-state index in [1.54, 1.807) is 25.2 Å². The lowest BCUT2D eigenvalue weighted by molar-refractivity contribution is 0.417. The fourth-order valence-corrected chi connectivity index (χ4v) is 4.12. The van der Waals surface area contributed by atoms with Crippen LogP contribution in [-0.2, 0) is 20.2 Å². The first-order valence-electron chi connectivity index (χ1n) is 8.33. The monoisotopic (exact) mass is 451 g/mol. The van der Waals surface area contributed by atoms with Crippen LogP contribution < -0.4 is 10.1 Å². The number of nitrogens with one attached hydrogen (secondary N) is 1. The molecule has 12 heteroatoms. The Morgan fingerprint density at radius 1 is 0.867 bits per heavy atom. The lowest BCUT2D eigenvalue weighted by atomic mass is 10.1. The Kier molecular flexibility index (Phi) is 5.76. The van der Waals surface area contributed by atoms with E-state index >= 15 is 0 Å². The molecule has 3 rings (SSSR count). The maximum Gasteiger partial charge on any atom is 0.295 e. The van der Waals surface area contributed by atoms with Crippen LogP contribution in [0, 0.1) is 0 Å². The average Bonchev–Trinajstić information content (AvgIpc) is 2.69. The maximum atomic E-state index is 11.8. The van der Waals surface area contributed by atoms with Crippen LogP contribution in [0.15, 0.2) is 68.6 Å². The fraction of sp³-hybridized carbons (Fsp3) is 0.111. The quantitative estimate of drug-likeness (QED) is 0.377. The first-order chi connectivity index (χ1) is 14.0. The molecule has 0 aliphatic heterocycles. The van der Waals surface area contributed by atoms with Crippen LogP contribution in [-0.4, -0.2) is 40.1 Å². The normalized spacial score (nSPS) is 12.4. The highest BCUT2D eigenvalue weighted by Gasteiger charge is 2.20. The molecule has 0 amide bonds. The average molecular weight is 451 g/mol. The highest BCUT2D eigenvalue weighted by molar-refractivity contribution is 7.86. The van der Waals surface area contributed by atoms with Gasteiger partial charge in [0.05, 0.1) is 29.1 Å². The van der Waals surface area contributed by atoms with Gasteiger partial charge in [0.1, 0.15) is 10.6 Å². The van der Waals surface area contributed by atoms with Crippen molar-refractivity contribution in [2.45, 2.75) is 9.79 Å². The molecule has 0 aliphatic rings. The number of nitrogens with zero attached hydrogens (tertiary/aromatic N) is 2. The van der Waals surface area contributed by atoms with Crippen LogP contribution in [0.3, 0.4) is 0 Å². The van der Waals surface area contributed by atoms with Crippen molar-refractivity contribution in [2.75, 3.05) is 19.5 Å². The van der Waals surface area contributed by atoms with Gasteiger partial charge in [0.2, 0.25) is 0 Å². The summed E-state index contributed by atoms with van der Waals surface area (Å²) in [5, 5.41) is 11.3. The zero-order valence-electron chi connectivity index (χ0n) is 15.8. The van der Waals surface area contributed by atoms with E-state index in [2.05, 4.69) is 15.5 Å². The highest BCUT2D eigenvalue weighted by atomic mass is 32.2. The SMILES string of the molecule is CNc1ccc(N=Nc2ccc3cc(S(=O)(=O)O)cc(S(=O)(=O)O)c3c2)cc1OC. The van der Waals surface area contributed by atoms with Gasteiger partial charge in [-0.2, -0.15) is 27.1 Å². The molecule has 0 fully saturated rings. The zero-order chi connectivity index (χ0) is 22.1. The third kappa shape index (κ3) is 4.57. The summed E-state index contributed by atoms with van der Waals surface area (Å²) in [5.41, 5.74) is 1.49. The van der Waals surface area contributed by atoms with E-state index in [4.69, 9.17) is 4.74 Å². The Balaban J connectivity index is 2.10. The summed E-state index contributed by atoms with van der Waals surface area (Å²) >= 11 is 0. The van der Waals surface area contributed by atoms with Crippen LogP contribution >= 0.6 is 0 Å². The standard InChI is InChI=1S/C18H17N3O7S2/c1-19-16-6-5-13(9-17(16)28-2)21-20-12-4-3-11-7-14(29(22,23)24)10-18(15(11)8-12)30(25,26)27/h3-10,19H,1-2H3,(H,22,23,24)(H,25,26,27).